The average Bonchev–Trinajstić information content (AvgIpc) is 2.26. The predicted molar refractivity (Wildman–Crippen MR) is 68.0 cm³/mol. The summed E-state index contributed by atoms with van der Waals surface area (Å²) in [6.45, 7) is 4.64. The first-order chi connectivity index (χ1) is 6.77. The van der Waals surface area contributed by atoms with Gasteiger partial charge in [-0.3, -0.25) is 0 Å². The summed E-state index contributed by atoms with van der Waals surface area (Å²) in [4.78, 5) is 0.766. The molecule has 0 heterocycles. The molecule has 0 saturated heterocycles. The zero-order chi connectivity index (χ0) is 10.4. The summed E-state index contributed by atoms with van der Waals surface area (Å²) in [7, 11) is 0. The van der Waals surface area contributed by atoms with Gasteiger partial charge < -0.3 is 0 Å². The Morgan fingerprint density at radius 2 is 1.79 bits per heavy atom. The van der Waals surface area contributed by atoms with E-state index in [-0.39, 0.29) is 0 Å². The fourth-order valence-electron chi connectivity index (χ4n) is 2.80. The average molecular weight is 261 g/mol. The molecule has 84 valence electrons. The molecule has 1 aliphatic carbocycles. The monoisotopic (exact) mass is 260 g/mol. The largest absolute Gasteiger partial charge is 0.0891 e. The number of hydrogen-bond donors (Lipinski definition) is 0. The minimum Gasteiger partial charge on any atom is -0.0891 e. The molecule has 0 aromatic carbocycles. The van der Waals surface area contributed by atoms with Crippen LogP contribution in [0, 0.1) is 11.8 Å². The molecule has 14 heavy (non-hydrogen) atoms. The molecular weight excluding hydrogens is 236 g/mol. The van der Waals surface area contributed by atoms with E-state index in [4.69, 9.17) is 0 Å². The minimum absolute atomic E-state index is 0.766. The Morgan fingerprint density at radius 1 is 1.14 bits per heavy atom. The van der Waals surface area contributed by atoms with E-state index >= 15 is 0 Å². The van der Waals surface area contributed by atoms with Crippen molar-refractivity contribution in [1.82, 2.24) is 0 Å². The van der Waals surface area contributed by atoms with Crippen molar-refractivity contribution >= 4 is 15.9 Å². The summed E-state index contributed by atoms with van der Waals surface area (Å²) in [5, 5.41) is 0. The number of hydrogen-bond acceptors (Lipinski definition) is 0. The van der Waals surface area contributed by atoms with Crippen LogP contribution in [0.3, 0.4) is 0 Å². The summed E-state index contributed by atoms with van der Waals surface area (Å²) < 4.78 is 0. The quantitative estimate of drug-likeness (QED) is 0.600. The van der Waals surface area contributed by atoms with Crippen LogP contribution in [0.4, 0.5) is 0 Å². The normalized spacial score (nSPS) is 30.2. The molecule has 0 aromatic heterocycles. The third-order valence-electron chi connectivity index (χ3n) is 3.88. The second-order valence-corrected chi connectivity index (χ2v) is 6.09. The standard InChI is InChI=1S/C13H25Br/c1-3-11-7-5-6-8-12(11)9-10-13(14)4-2/h11-13H,3-10H2,1-2H3. The Morgan fingerprint density at radius 3 is 2.36 bits per heavy atom. The molecule has 1 aliphatic rings. The smallest absolute Gasteiger partial charge is 0.0143 e. The third-order valence-corrected chi connectivity index (χ3v) is 4.99. The Labute approximate surface area is 98.0 Å². The zero-order valence-corrected chi connectivity index (χ0v) is 11.4. The minimum atomic E-state index is 0.766. The number of alkyl halides is 1. The lowest BCUT2D eigenvalue weighted by atomic mass is 9.75. The van der Waals surface area contributed by atoms with Gasteiger partial charge in [0.05, 0.1) is 0 Å². The first-order valence-corrected chi connectivity index (χ1v) is 7.33. The molecule has 0 bridgehead atoms. The lowest BCUT2D eigenvalue weighted by Crippen LogP contribution is -2.19. The molecule has 1 fully saturated rings. The summed E-state index contributed by atoms with van der Waals surface area (Å²) >= 11 is 3.75. The molecule has 3 unspecified atom stereocenters. The molecular formula is C13H25Br. The van der Waals surface area contributed by atoms with Crippen LogP contribution in [0.2, 0.25) is 0 Å². The first-order valence-electron chi connectivity index (χ1n) is 6.42. The van der Waals surface area contributed by atoms with Gasteiger partial charge in [0.25, 0.3) is 0 Å². The van der Waals surface area contributed by atoms with Crippen LogP contribution < -0.4 is 0 Å². The second-order valence-electron chi connectivity index (χ2n) is 4.80. The van der Waals surface area contributed by atoms with Crippen molar-refractivity contribution in [3.63, 3.8) is 0 Å². The van der Waals surface area contributed by atoms with E-state index in [1.807, 2.05) is 0 Å². The lowest BCUT2D eigenvalue weighted by Gasteiger charge is -2.31. The predicted octanol–water partition coefficient (Wildman–Crippen LogP) is 5.16. The topological polar surface area (TPSA) is 0 Å². The Kier molecular flexibility index (Phi) is 6.16. The van der Waals surface area contributed by atoms with Crippen LogP contribution in [0.5, 0.6) is 0 Å². The van der Waals surface area contributed by atoms with E-state index in [0.717, 1.165) is 16.7 Å². The van der Waals surface area contributed by atoms with Gasteiger partial charge in [-0.05, 0) is 31.1 Å². The molecule has 0 spiro atoms. The van der Waals surface area contributed by atoms with Crippen molar-refractivity contribution in [3.8, 4) is 0 Å². The number of rotatable bonds is 5. The van der Waals surface area contributed by atoms with E-state index in [0.29, 0.717) is 0 Å². The molecule has 0 amide bonds. The van der Waals surface area contributed by atoms with Gasteiger partial charge in [-0.2, -0.15) is 0 Å². The van der Waals surface area contributed by atoms with Crippen molar-refractivity contribution in [2.24, 2.45) is 11.8 Å². The first kappa shape index (κ1) is 12.5. The van der Waals surface area contributed by atoms with Crippen LogP contribution in [0.25, 0.3) is 0 Å². The van der Waals surface area contributed by atoms with Crippen LogP contribution in [0.1, 0.15) is 65.2 Å². The highest BCUT2D eigenvalue weighted by atomic mass is 79.9. The van der Waals surface area contributed by atoms with E-state index < -0.39 is 0 Å². The highest BCUT2D eigenvalue weighted by Gasteiger charge is 2.23. The molecule has 1 heteroatoms. The molecule has 0 nitrogen and oxygen atoms in total. The highest BCUT2D eigenvalue weighted by Crippen LogP contribution is 2.35. The van der Waals surface area contributed by atoms with E-state index in [1.54, 1.807) is 0 Å². The van der Waals surface area contributed by atoms with Gasteiger partial charge in [-0.15, -0.1) is 0 Å². The van der Waals surface area contributed by atoms with Gasteiger partial charge in [0.1, 0.15) is 0 Å². The molecule has 0 N–H and O–H groups in total. The van der Waals surface area contributed by atoms with Gasteiger partial charge in [0, 0.05) is 4.83 Å². The Balaban J connectivity index is 2.26. The van der Waals surface area contributed by atoms with Crippen molar-refractivity contribution in [3.05, 3.63) is 0 Å². The fourth-order valence-corrected chi connectivity index (χ4v) is 3.07. The summed E-state index contributed by atoms with van der Waals surface area (Å²) in [5.74, 6) is 2.08. The maximum atomic E-state index is 3.75. The van der Waals surface area contributed by atoms with Crippen LogP contribution in [-0.4, -0.2) is 4.83 Å². The molecule has 1 saturated carbocycles. The highest BCUT2D eigenvalue weighted by molar-refractivity contribution is 9.09. The third kappa shape index (κ3) is 3.92. The van der Waals surface area contributed by atoms with Gasteiger partial charge in [-0.25, -0.2) is 0 Å². The van der Waals surface area contributed by atoms with Crippen molar-refractivity contribution in [2.45, 2.75) is 70.0 Å². The zero-order valence-electron chi connectivity index (χ0n) is 9.77. The van der Waals surface area contributed by atoms with Crippen molar-refractivity contribution in [1.29, 1.82) is 0 Å². The maximum Gasteiger partial charge on any atom is 0.0143 e. The summed E-state index contributed by atoms with van der Waals surface area (Å²) in [6.07, 6.45) is 11.5. The van der Waals surface area contributed by atoms with Gasteiger partial charge >= 0.3 is 0 Å². The molecule has 1 rings (SSSR count). The van der Waals surface area contributed by atoms with E-state index in [2.05, 4.69) is 29.8 Å². The summed E-state index contributed by atoms with van der Waals surface area (Å²) in [6, 6.07) is 0. The van der Waals surface area contributed by atoms with Crippen LogP contribution >= 0.6 is 15.9 Å². The molecule has 3 atom stereocenters. The van der Waals surface area contributed by atoms with Gasteiger partial charge in [0.15, 0.2) is 0 Å². The molecule has 0 aliphatic heterocycles. The van der Waals surface area contributed by atoms with E-state index in [1.165, 1.54) is 51.4 Å². The molecule has 0 radical (unpaired) electrons. The van der Waals surface area contributed by atoms with Crippen LogP contribution in [0.15, 0.2) is 0 Å². The lowest BCUT2D eigenvalue weighted by molar-refractivity contribution is 0.214. The van der Waals surface area contributed by atoms with Crippen molar-refractivity contribution < 1.29 is 0 Å². The molecule has 0 aromatic rings. The SMILES string of the molecule is CCC(Br)CCC1CCCCC1CC. The van der Waals surface area contributed by atoms with Crippen molar-refractivity contribution in [2.75, 3.05) is 0 Å². The van der Waals surface area contributed by atoms with Gasteiger partial charge in [0.2, 0.25) is 0 Å². The van der Waals surface area contributed by atoms with E-state index in [9.17, 15) is 0 Å². The maximum absolute atomic E-state index is 3.75. The Bertz CT molecular complexity index is 144. The van der Waals surface area contributed by atoms with Gasteiger partial charge in [-0.1, -0.05) is 61.9 Å². The number of halogens is 1. The fraction of sp³-hybridized carbons (Fsp3) is 1.00. The van der Waals surface area contributed by atoms with Crippen LogP contribution in [-0.2, 0) is 0 Å². The second kappa shape index (κ2) is 6.87. The Hall–Kier alpha value is 0.480. The summed E-state index contributed by atoms with van der Waals surface area (Å²) in [5.41, 5.74) is 0.